The molecule has 6 heteroatoms. The summed E-state index contributed by atoms with van der Waals surface area (Å²) in [5.74, 6) is 1.45. The number of methoxy groups -OCH3 is 1. The summed E-state index contributed by atoms with van der Waals surface area (Å²) < 4.78 is 16.4. The van der Waals surface area contributed by atoms with E-state index in [9.17, 15) is 4.79 Å². The standard InChI is InChI=1S/C21H21NO5/c1-15-7-9-16(10-8-15)13-26-22-21(23)20-12-11-17(27-20)14-25-19-6-4-3-5-18(19)24-2/h3-12H,13-14H2,1-2H3,(H,22,23). The highest BCUT2D eigenvalue weighted by Gasteiger charge is 2.12. The summed E-state index contributed by atoms with van der Waals surface area (Å²) in [6.45, 7) is 2.47. The van der Waals surface area contributed by atoms with Crippen molar-refractivity contribution in [2.24, 2.45) is 0 Å². The maximum absolute atomic E-state index is 12.1. The van der Waals surface area contributed by atoms with Gasteiger partial charge in [0.25, 0.3) is 0 Å². The van der Waals surface area contributed by atoms with Gasteiger partial charge in [0.1, 0.15) is 12.4 Å². The monoisotopic (exact) mass is 367 g/mol. The number of para-hydroxylation sites is 2. The van der Waals surface area contributed by atoms with Crippen LogP contribution >= 0.6 is 0 Å². The summed E-state index contributed by atoms with van der Waals surface area (Å²) in [6, 6.07) is 18.4. The molecule has 1 amide bonds. The number of rotatable bonds is 8. The first-order valence-corrected chi connectivity index (χ1v) is 8.48. The van der Waals surface area contributed by atoms with E-state index in [1.807, 2.05) is 49.4 Å². The fourth-order valence-corrected chi connectivity index (χ4v) is 2.38. The molecule has 3 aromatic rings. The molecule has 6 nitrogen and oxygen atoms in total. The van der Waals surface area contributed by atoms with Gasteiger partial charge in [-0.2, -0.15) is 0 Å². The van der Waals surface area contributed by atoms with E-state index in [2.05, 4.69) is 5.48 Å². The number of aryl methyl sites for hydroxylation is 1. The van der Waals surface area contributed by atoms with Crippen LogP contribution in [0.4, 0.5) is 0 Å². The summed E-state index contributed by atoms with van der Waals surface area (Å²) >= 11 is 0. The number of carbonyl (C=O) groups excluding carboxylic acids is 1. The molecule has 0 saturated heterocycles. The first-order chi connectivity index (χ1) is 13.2. The second kappa shape index (κ2) is 8.91. The zero-order valence-electron chi connectivity index (χ0n) is 15.2. The smallest absolute Gasteiger partial charge is 0.310 e. The maximum atomic E-state index is 12.1. The first-order valence-electron chi connectivity index (χ1n) is 8.48. The summed E-state index contributed by atoms with van der Waals surface area (Å²) in [7, 11) is 1.58. The van der Waals surface area contributed by atoms with E-state index < -0.39 is 5.91 Å². The lowest BCUT2D eigenvalue weighted by molar-refractivity contribution is 0.0210. The highest BCUT2D eigenvalue weighted by Crippen LogP contribution is 2.26. The highest BCUT2D eigenvalue weighted by atomic mass is 16.7. The van der Waals surface area contributed by atoms with Crippen LogP contribution < -0.4 is 15.0 Å². The molecule has 0 bridgehead atoms. The van der Waals surface area contributed by atoms with Gasteiger partial charge in [-0.15, -0.1) is 0 Å². The summed E-state index contributed by atoms with van der Waals surface area (Å²) in [5, 5.41) is 0. The number of amides is 1. The predicted octanol–water partition coefficient (Wildman–Crippen LogP) is 4.04. The number of carbonyl (C=O) groups is 1. The number of nitrogens with one attached hydrogen (secondary N) is 1. The molecule has 140 valence electrons. The summed E-state index contributed by atoms with van der Waals surface area (Å²) in [5.41, 5.74) is 4.51. The Labute approximate surface area is 157 Å². The SMILES string of the molecule is COc1ccccc1OCc1ccc(C(=O)NOCc2ccc(C)cc2)o1. The lowest BCUT2D eigenvalue weighted by Gasteiger charge is -2.08. The fourth-order valence-electron chi connectivity index (χ4n) is 2.38. The molecule has 3 rings (SSSR count). The van der Waals surface area contributed by atoms with Crippen molar-refractivity contribution in [3.05, 3.63) is 83.3 Å². The van der Waals surface area contributed by atoms with Crippen LogP contribution in [0.15, 0.2) is 65.1 Å². The van der Waals surface area contributed by atoms with Crippen LogP contribution in [-0.4, -0.2) is 13.0 Å². The van der Waals surface area contributed by atoms with Crippen molar-refractivity contribution in [1.82, 2.24) is 5.48 Å². The normalized spacial score (nSPS) is 10.4. The number of benzene rings is 2. The summed E-state index contributed by atoms with van der Waals surface area (Å²) in [6.07, 6.45) is 0. The molecule has 0 fully saturated rings. The minimum absolute atomic E-state index is 0.150. The predicted molar refractivity (Wildman–Crippen MR) is 99.5 cm³/mol. The van der Waals surface area contributed by atoms with Gasteiger partial charge in [0, 0.05) is 0 Å². The molecular weight excluding hydrogens is 346 g/mol. The van der Waals surface area contributed by atoms with Crippen LogP contribution in [0.2, 0.25) is 0 Å². The third-order valence-corrected chi connectivity index (χ3v) is 3.85. The second-order valence-electron chi connectivity index (χ2n) is 5.91. The maximum Gasteiger partial charge on any atom is 0.310 e. The first kappa shape index (κ1) is 18.5. The van der Waals surface area contributed by atoms with Gasteiger partial charge in [-0.3, -0.25) is 9.63 Å². The van der Waals surface area contributed by atoms with Crippen molar-refractivity contribution in [3.63, 3.8) is 0 Å². The van der Waals surface area contributed by atoms with Crippen LogP contribution in [-0.2, 0) is 18.1 Å². The number of ether oxygens (including phenoxy) is 2. The zero-order chi connectivity index (χ0) is 19.1. The van der Waals surface area contributed by atoms with Crippen molar-refractivity contribution in [3.8, 4) is 11.5 Å². The van der Waals surface area contributed by atoms with Gasteiger partial charge >= 0.3 is 5.91 Å². The van der Waals surface area contributed by atoms with Crippen LogP contribution in [0.3, 0.4) is 0 Å². The van der Waals surface area contributed by atoms with Crippen LogP contribution in [0, 0.1) is 6.92 Å². The molecule has 0 saturated carbocycles. The van der Waals surface area contributed by atoms with Crippen LogP contribution in [0.1, 0.15) is 27.4 Å². The number of furan rings is 1. The molecule has 2 aromatic carbocycles. The molecule has 1 heterocycles. The second-order valence-corrected chi connectivity index (χ2v) is 5.91. The van der Waals surface area contributed by atoms with E-state index in [4.69, 9.17) is 18.7 Å². The van der Waals surface area contributed by atoms with Crippen molar-refractivity contribution in [1.29, 1.82) is 0 Å². The number of hydrogen-bond donors (Lipinski definition) is 1. The average molecular weight is 367 g/mol. The molecule has 0 aliphatic rings. The van der Waals surface area contributed by atoms with Gasteiger partial charge in [-0.25, -0.2) is 5.48 Å². The average Bonchev–Trinajstić information content (AvgIpc) is 3.17. The molecule has 27 heavy (non-hydrogen) atoms. The van der Waals surface area contributed by atoms with Crippen molar-refractivity contribution >= 4 is 5.91 Å². The fraction of sp³-hybridized carbons (Fsp3) is 0.190. The van der Waals surface area contributed by atoms with E-state index in [0.29, 0.717) is 17.3 Å². The molecule has 0 atom stereocenters. The molecule has 0 spiro atoms. The van der Waals surface area contributed by atoms with Gasteiger partial charge in [0.2, 0.25) is 0 Å². The molecule has 0 radical (unpaired) electrons. The zero-order valence-corrected chi connectivity index (χ0v) is 15.2. The number of hydroxylamine groups is 1. The van der Waals surface area contributed by atoms with E-state index in [1.54, 1.807) is 25.3 Å². The third kappa shape index (κ3) is 5.12. The van der Waals surface area contributed by atoms with Crippen LogP contribution in [0.25, 0.3) is 0 Å². The lowest BCUT2D eigenvalue weighted by Crippen LogP contribution is -2.23. The van der Waals surface area contributed by atoms with Gasteiger partial charge in [-0.05, 0) is 36.8 Å². The van der Waals surface area contributed by atoms with Gasteiger partial charge in [0.15, 0.2) is 17.3 Å². The van der Waals surface area contributed by atoms with Crippen molar-refractivity contribution < 1.29 is 23.5 Å². The van der Waals surface area contributed by atoms with E-state index in [0.717, 1.165) is 5.56 Å². The molecule has 1 aromatic heterocycles. The minimum atomic E-state index is -0.453. The third-order valence-electron chi connectivity index (χ3n) is 3.85. The van der Waals surface area contributed by atoms with Crippen LogP contribution in [0.5, 0.6) is 11.5 Å². The Morgan fingerprint density at radius 2 is 1.70 bits per heavy atom. The van der Waals surface area contributed by atoms with E-state index >= 15 is 0 Å². The Balaban J connectivity index is 1.49. The topological polar surface area (TPSA) is 69.9 Å². The lowest BCUT2D eigenvalue weighted by atomic mass is 10.2. The largest absolute Gasteiger partial charge is 0.493 e. The quantitative estimate of drug-likeness (QED) is 0.609. The molecule has 1 N–H and O–H groups in total. The van der Waals surface area contributed by atoms with Gasteiger partial charge < -0.3 is 13.9 Å². The Morgan fingerprint density at radius 1 is 0.963 bits per heavy atom. The molecule has 0 aliphatic heterocycles. The highest BCUT2D eigenvalue weighted by molar-refractivity contribution is 5.90. The van der Waals surface area contributed by atoms with Crippen molar-refractivity contribution in [2.75, 3.05) is 7.11 Å². The Kier molecular flexibility index (Phi) is 6.12. The molecule has 0 unspecified atom stereocenters. The number of hydrogen-bond acceptors (Lipinski definition) is 5. The Hall–Kier alpha value is -3.25. The van der Waals surface area contributed by atoms with Gasteiger partial charge in [0.05, 0.1) is 13.7 Å². The van der Waals surface area contributed by atoms with Crippen molar-refractivity contribution in [2.45, 2.75) is 20.1 Å². The van der Waals surface area contributed by atoms with E-state index in [1.165, 1.54) is 5.56 Å². The minimum Gasteiger partial charge on any atom is -0.493 e. The Bertz CT molecular complexity index is 886. The van der Waals surface area contributed by atoms with Gasteiger partial charge in [-0.1, -0.05) is 42.0 Å². The van der Waals surface area contributed by atoms with E-state index in [-0.39, 0.29) is 19.0 Å². The molecule has 0 aliphatic carbocycles. The molecular formula is C21H21NO5. The Morgan fingerprint density at radius 3 is 2.44 bits per heavy atom. The summed E-state index contributed by atoms with van der Waals surface area (Å²) in [4.78, 5) is 17.3.